The molecule has 0 fully saturated rings. The molecule has 0 radical (unpaired) electrons. The Hall–Kier alpha value is -2.87. The van der Waals surface area contributed by atoms with Crippen molar-refractivity contribution in [3.63, 3.8) is 0 Å². The Balaban J connectivity index is 2.05. The number of hydrogen-bond donors (Lipinski definition) is 1. The molecule has 2 aromatic rings. The maximum Gasteiger partial charge on any atom is 0.251 e. The number of rotatable bonds is 7. The molecule has 1 N–H and O–H groups in total. The average molecular weight is 361 g/mol. The number of likely N-dealkylation sites (N-methyl/N-ethyl adjacent to an activating group) is 1. The molecule has 0 saturated heterocycles. The molecule has 0 saturated carbocycles. The molecule has 0 unspecified atom stereocenters. The zero-order valence-electron chi connectivity index (χ0n) is 14.2. The van der Waals surface area contributed by atoms with E-state index in [4.69, 9.17) is 9.47 Å². The highest BCUT2D eigenvalue weighted by molar-refractivity contribution is 7.08. The van der Waals surface area contributed by atoms with Gasteiger partial charge in [0.05, 0.1) is 26.3 Å². The highest BCUT2D eigenvalue weighted by Gasteiger charge is 2.16. The third-order valence-corrected chi connectivity index (χ3v) is 4.38. The van der Waals surface area contributed by atoms with Gasteiger partial charge in [-0.3, -0.25) is 9.59 Å². The zero-order valence-corrected chi connectivity index (χ0v) is 15.1. The lowest BCUT2D eigenvalue weighted by atomic mass is 10.2. The molecule has 2 rings (SSSR count). The molecule has 8 heteroatoms. The van der Waals surface area contributed by atoms with Crippen LogP contribution in [0.25, 0.3) is 0 Å². The Morgan fingerprint density at radius 1 is 1.28 bits per heavy atom. The fourth-order valence-electron chi connectivity index (χ4n) is 2.12. The minimum atomic E-state index is -0.250. The molecule has 0 aliphatic carbocycles. The Bertz CT molecular complexity index is 749. The van der Waals surface area contributed by atoms with Crippen LogP contribution in [0.1, 0.15) is 15.9 Å². The maximum atomic E-state index is 12.3. The van der Waals surface area contributed by atoms with Gasteiger partial charge in [0, 0.05) is 29.8 Å². The minimum Gasteiger partial charge on any atom is -0.486 e. The van der Waals surface area contributed by atoms with Gasteiger partial charge in [-0.2, -0.15) is 4.37 Å². The molecule has 0 atom stereocenters. The molecular formula is C17H19N3O4S. The van der Waals surface area contributed by atoms with E-state index in [0.29, 0.717) is 27.8 Å². The van der Waals surface area contributed by atoms with Crippen molar-refractivity contribution in [3.05, 3.63) is 48.0 Å². The molecular weight excluding hydrogens is 342 g/mol. The fourth-order valence-corrected chi connectivity index (χ4v) is 2.82. The van der Waals surface area contributed by atoms with Crippen LogP contribution in [-0.4, -0.2) is 37.5 Å². The van der Waals surface area contributed by atoms with Crippen molar-refractivity contribution in [1.82, 2.24) is 9.69 Å². The lowest BCUT2D eigenvalue weighted by Gasteiger charge is -2.15. The van der Waals surface area contributed by atoms with Gasteiger partial charge in [-0.25, -0.2) is 0 Å². The highest BCUT2D eigenvalue weighted by Crippen LogP contribution is 2.32. The largest absolute Gasteiger partial charge is 0.486 e. The van der Waals surface area contributed by atoms with Crippen LogP contribution in [0.3, 0.4) is 0 Å². The first-order chi connectivity index (χ1) is 12.0. The van der Waals surface area contributed by atoms with E-state index >= 15 is 0 Å². The number of benzene rings is 1. The monoisotopic (exact) mass is 361 g/mol. The first-order valence-corrected chi connectivity index (χ1v) is 8.14. The second-order valence-corrected chi connectivity index (χ2v) is 5.73. The van der Waals surface area contributed by atoms with E-state index in [2.05, 4.69) is 16.3 Å². The lowest BCUT2D eigenvalue weighted by molar-refractivity contribution is -0.113. The topological polar surface area (TPSA) is 80.8 Å². The van der Waals surface area contributed by atoms with Crippen LogP contribution in [0.5, 0.6) is 10.9 Å². The van der Waals surface area contributed by atoms with Gasteiger partial charge >= 0.3 is 0 Å². The summed E-state index contributed by atoms with van der Waals surface area (Å²) in [4.78, 5) is 25.3. The molecule has 0 bridgehead atoms. The third-order valence-electron chi connectivity index (χ3n) is 3.54. The second kappa shape index (κ2) is 8.29. The summed E-state index contributed by atoms with van der Waals surface area (Å²) >= 11 is 1.16. The number of nitrogens with zero attached hydrogens (tertiary/aromatic N) is 2. The van der Waals surface area contributed by atoms with Crippen molar-refractivity contribution in [3.8, 4) is 10.9 Å². The molecule has 1 aromatic carbocycles. The predicted molar refractivity (Wildman–Crippen MR) is 96.4 cm³/mol. The zero-order chi connectivity index (χ0) is 18.4. The summed E-state index contributed by atoms with van der Waals surface area (Å²) in [5, 5.41) is 3.40. The van der Waals surface area contributed by atoms with Gasteiger partial charge in [0.2, 0.25) is 16.9 Å². The van der Waals surface area contributed by atoms with Crippen molar-refractivity contribution < 1.29 is 19.1 Å². The summed E-state index contributed by atoms with van der Waals surface area (Å²) in [5.41, 5.74) is 1.84. The number of methoxy groups -OCH3 is 2. The maximum absolute atomic E-state index is 12.3. The summed E-state index contributed by atoms with van der Waals surface area (Å²) < 4.78 is 14.5. The number of ether oxygens (including phenoxy) is 2. The number of carbonyl (C=O) groups excluding carboxylic acids is 2. The third kappa shape index (κ3) is 4.16. The van der Waals surface area contributed by atoms with Crippen molar-refractivity contribution in [1.29, 1.82) is 0 Å². The summed E-state index contributed by atoms with van der Waals surface area (Å²) in [5.74, 6) is -0.0389. The van der Waals surface area contributed by atoms with Crippen LogP contribution in [-0.2, 0) is 11.3 Å². The van der Waals surface area contributed by atoms with Crippen molar-refractivity contribution in [2.75, 3.05) is 26.2 Å². The normalized spacial score (nSPS) is 10.0. The van der Waals surface area contributed by atoms with Gasteiger partial charge in [-0.15, -0.1) is 0 Å². The van der Waals surface area contributed by atoms with Gasteiger partial charge in [0.25, 0.3) is 5.91 Å². The van der Waals surface area contributed by atoms with Crippen molar-refractivity contribution >= 4 is 29.0 Å². The number of anilines is 1. The van der Waals surface area contributed by atoms with Gasteiger partial charge in [0.1, 0.15) is 0 Å². The molecule has 1 aromatic heterocycles. The summed E-state index contributed by atoms with van der Waals surface area (Å²) in [6.45, 7) is 3.68. The molecule has 0 aliphatic rings. The fraction of sp³-hybridized carbons (Fsp3) is 0.235. The number of nitrogens with one attached hydrogen (secondary N) is 1. The Labute approximate surface area is 150 Å². The van der Waals surface area contributed by atoms with E-state index in [9.17, 15) is 9.59 Å². The Morgan fingerprint density at radius 3 is 2.52 bits per heavy atom. The van der Waals surface area contributed by atoms with Crippen LogP contribution < -0.4 is 19.7 Å². The van der Waals surface area contributed by atoms with E-state index in [-0.39, 0.29) is 18.4 Å². The van der Waals surface area contributed by atoms with Gasteiger partial charge in [0.15, 0.2) is 0 Å². The minimum absolute atomic E-state index is 0.221. The van der Waals surface area contributed by atoms with E-state index in [1.807, 2.05) is 0 Å². The van der Waals surface area contributed by atoms with Crippen molar-refractivity contribution in [2.45, 2.75) is 6.54 Å². The van der Waals surface area contributed by atoms with Gasteiger partial charge in [-0.1, -0.05) is 6.58 Å². The number of aromatic nitrogens is 1. The Morgan fingerprint density at radius 2 is 1.96 bits per heavy atom. The lowest BCUT2D eigenvalue weighted by Crippen LogP contribution is -2.25. The highest BCUT2D eigenvalue weighted by atomic mass is 32.1. The van der Waals surface area contributed by atoms with Crippen LogP contribution in [0, 0.1) is 0 Å². The van der Waals surface area contributed by atoms with Gasteiger partial charge in [-0.05, 0) is 30.3 Å². The summed E-state index contributed by atoms with van der Waals surface area (Å²) in [6, 6.07) is 6.70. The van der Waals surface area contributed by atoms with Crippen molar-refractivity contribution in [2.24, 2.45) is 0 Å². The Kier molecular flexibility index (Phi) is 6.13. The quantitative estimate of drug-likeness (QED) is 0.765. The second-order valence-electron chi connectivity index (χ2n) is 4.99. The molecule has 0 spiro atoms. The number of hydrogen-bond acceptors (Lipinski definition) is 6. The SMILES string of the molecule is C=CC(=O)N(C)c1ccc(C(=O)NCc2c(OC)nsc2OC)cc1. The van der Waals surface area contributed by atoms with Crippen LogP contribution in [0.4, 0.5) is 5.69 Å². The van der Waals surface area contributed by atoms with Crippen LogP contribution in [0.15, 0.2) is 36.9 Å². The first-order valence-electron chi connectivity index (χ1n) is 7.36. The van der Waals surface area contributed by atoms with Crippen LogP contribution >= 0.6 is 11.5 Å². The van der Waals surface area contributed by atoms with Crippen LogP contribution in [0.2, 0.25) is 0 Å². The molecule has 0 aliphatic heterocycles. The first kappa shape index (κ1) is 18.5. The summed E-state index contributed by atoms with van der Waals surface area (Å²) in [6.07, 6.45) is 1.23. The average Bonchev–Trinajstić information content (AvgIpc) is 3.06. The summed E-state index contributed by atoms with van der Waals surface area (Å²) in [7, 11) is 4.69. The number of carbonyl (C=O) groups is 2. The number of amides is 2. The van der Waals surface area contributed by atoms with Gasteiger partial charge < -0.3 is 19.7 Å². The van der Waals surface area contributed by atoms with E-state index in [1.54, 1.807) is 31.3 Å². The van der Waals surface area contributed by atoms with E-state index in [0.717, 1.165) is 11.5 Å². The van der Waals surface area contributed by atoms with E-state index in [1.165, 1.54) is 25.2 Å². The predicted octanol–water partition coefficient (Wildman–Crippen LogP) is 2.24. The molecule has 2 amide bonds. The molecule has 132 valence electrons. The smallest absolute Gasteiger partial charge is 0.251 e. The molecule has 25 heavy (non-hydrogen) atoms. The van der Waals surface area contributed by atoms with E-state index < -0.39 is 0 Å². The molecule has 1 heterocycles. The molecule has 7 nitrogen and oxygen atoms in total. The standard InChI is InChI=1S/C17H19N3O4S/c1-5-14(21)20(2)12-8-6-11(7-9-12)15(22)18-10-13-16(23-3)19-25-17(13)24-4/h5-9H,1,10H2,2-4H3,(H,18,22).